The summed E-state index contributed by atoms with van der Waals surface area (Å²) >= 11 is 0. The molecule has 1 aromatic heterocycles. The van der Waals surface area contributed by atoms with Crippen molar-refractivity contribution in [2.75, 3.05) is 37.6 Å². The van der Waals surface area contributed by atoms with Crippen LogP contribution >= 0.6 is 0 Å². The molecule has 2 bridgehead atoms. The summed E-state index contributed by atoms with van der Waals surface area (Å²) in [4.78, 5) is 22.7. The van der Waals surface area contributed by atoms with Crippen LogP contribution in [0.2, 0.25) is 0 Å². The molecule has 5 nitrogen and oxygen atoms in total. The molecule has 2 aromatic carbocycles. The molecule has 5 rings (SSSR count). The van der Waals surface area contributed by atoms with E-state index >= 15 is 0 Å². The quantitative estimate of drug-likeness (QED) is 0.671. The van der Waals surface area contributed by atoms with E-state index in [1.165, 1.54) is 36.6 Å². The van der Waals surface area contributed by atoms with E-state index in [1.807, 2.05) is 18.2 Å². The molecule has 3 heterocycles. The number of anilines is 1. The highest BCUT2D eigenvalue weighted by Crippen LogP contribution is 2.27. The molecule has 2 fully saturated rings. The lowest BCUT2D eigenvalue weighted by Gasteiger charge is -2.29. The van der Waals surface area contributed by atoms with Crippen LogP contribution in [0.3, 0.4) is 0 Å². The number of halogens is 1. The molecule has 2 atom stereocenters. The largest absolute Gasteiger partial charge is 0.370 e. The van der Waals surface area contributed by atoms with Crippen molar-refractivity contribution in [2.24, 2.45) is 13.0 Å². The van der Waals surface area contributed by atoms with Crippen molar-refractivity contribution in [1.29, 1.82) is 0 Å². The maximum absolute atomic E-state index is 14.3. The zero-order valence-corrected chi connectivity index (χ0v) is 16.6. The van der Waals surface area contributed by atoms with Gasteiger partial charge >= 0.3 is 0 Å². The highest BCUT2D eigenvalue weighted by atomic mass is 19.1. The maximum atomic E-state index is 14.3. The fourth-order valence-corrected chi connectivity index (χ4v) is 4.74. The van der Waals surface area contributed by atoms with Crippen LogP contribution in [0.1, 0.15) is 12.8 Å². The summed E-state index contributed by atoms with van der Waals surface area (Å²) in [6.07, 6.45) is 2.55. The topological polar surface area (TPSA) is 41.4 Å². The van der Waals surface area contributed by atoms with Gasteiger partial charge in [-0.15, -0.1) is 0 Å². The SMILES string of the molecule is Cn1c(-c2ccccc2F)nc2ccc(N3CCN4CCCC(C4)C3)cc2c1=O. The monoisotopic (exact) mass is 392 g/mol. The summed E-state index contributed by atoms with van der Waals surface area (Å²) in [6.45, 7) is 5.45. The lowest BCUT2D eigenvalue weighted by atomic mass is 9.98. The number of aromatic nitrogens is 2. The van der Waals surface area contributed by atoms with Crippen LogP contribution in [0.5, 0.6) is 0 Å². The Kier molecular flexibility index (Phi) is 4.59. The van der Waals surface area contributed by atoms with Gasteiger partial charge in [0.15, 0.2) is 0 Å². The molecule has 0 N–H and O–H groups in total. The van der Waals surface area contributed by atoms with E-state index in [0.717, 1.165) is 25.3 Å². The summed E-state index contributed by atoms with van der Waals surface area (Å²) < 4.78 is 15.7. The molecule has 0 radical (unpaired) electrons. The molecule has 2 unspecified atom stereocenters. The average Bonchev–Trinajstić information content (AvgIpc) is 2.88. The Morgan fingerprint density at radius 3 is 2.79 bits per heavy atom. The van der Waals surface area contributed by atoms with Gasteiger partial charge < -0.3 is 9.80 Å². The third-order valence-corrected chi connectivity index (χ3v) is 6.31. The predicted octanol–water partition coefficient (Wildman–Crippen LogP) is 3.27. The average molecular weight is 392 g/mol. The highest BCUT2D eigenvalue weighted by molar-refractivity contribution is 5.83. The molecule has 0 amide bonds. The molecule has 0 saturated carbocycles. The van der Waals surface area contributed by atoms with Gasteiger partial charge in [0, 0.05) is 38.9 Å². The Bertz CT molecular complexity index is 1130. The molecule has 0 aliphatic carbocycles. The van der Waals surface area contributed by atoms with Crippen LogP contribution in [-0.4, -0.2) is 47.2 Å². The van der Waals surface area contributed by atoms with Gasteiger partial charge in [0.25, 0.3) is 5.56 Å². The summed E-state index contributed by atoms with van der Waals surface area (Å²) in [5.41, 5.74) is 1.87. The van der Waals surface area contributed by atoms with E-state index < -0.39 is 0 Å². The van der Waals surface area contributed by atoms with Crippen molar-refractivity contribution in [1.82, 2.24) is 14.5 Å². The van der Waals surface area contributed by atoms with Gasteiger partial charge in [-0.25, -0.2) is 9.37 Å². The lowest BCUT2D eigenvalue weighted by Crippen LogP contribution is -2.35. The number of nitrogens with zero attached hydrogens (tertiary/aromatic N) is 4. The zero-order chi connectivity index (χ0) is 20.0. The minimum absolute atomic E-state index is 0.146. The number of benzene rings is 2. The first kappa shape index (κ1) is 18.3. The fourth-order valence-electron chi connectivity index (χ4n) is 4.74. The van der Waals surface area contributed by atoms with Gasteiger partial charge in [-0.05, 0) is 55.6 Å². The molecule has 2 aliphatic rings. The Hall–Kier alpha value is -2.73. The van der Waals surface area contributed by atoms with E-state index in [0.29, 0.717) is 28.2 Å². The van der Waals surface area contributed by atoms with E-state index in [1.54, 1.807) is 25.2 Å². The van der Waals surface area contributed by atoms with Crippen LogP contribution in [-0.2, 0) is 7.05 Å². The predicted molar refractivity (Wildman–Crippen MR) is 114 cm³/mol. The van der Waals surface area contributed by atoms with E-state index in [4.69, 9.17) is 0 Å². The Morgan fingerprint density at radius 1 is 1.07 bits per heavy atom. The van der Waals surface area contributed by atoms with Gasteiger partial charge in [0.05, 0.1) is 16.5 Å². The van der Waals surface area contributed by atoms with E-state index in [2.05, 4.69) is 14.8 Å². The first-order chi connectivity index (χ1) is 14.1. The van der Waals surface area contributed by atoms with Crippen LogP contribution in [0.4, 0.5) is 10.1 Å². The molecule has 6 heteroatoms. The minimum Gasteiger partial charge on any atom is -0.370 e. The van der Waals surface area contributed by atoms with Crippen molar-refractivity contribution in [3.8, 4) is 11.4 Å². The number of piperidine rings is 1. The fraction of sp³-hybridized carbons (Fsp3) is 0.391. The Morgan fingerprint density at radius 2 is 1.93 bits per heavy atom. The summed E-state index contributed by atoms with van der Waals surface area (Å²) in [5.74, 6) is 0.660. The molecule has 0 spiro atoms. The number of hydrogen-bond donors (Lipinski definition) is 0. The van der Waals surface area contributed by atoms with Crippen LogP contribution in [0.25, 0.3) is 22.3 Å². The molecule has 2 saturated heterocycles. The first-order valence-electron chi connectivity index (χ1n) is 10.3. The number of fused-ring (bicyclic) bond motifs is 3. The number of rotatable bonds is 2. The second-order valence-corrected chi connectivity index (χ2v) is 8.24. The summed E-state index contributed by atoms with van der Waals surface area (Å²) in [7, 11) is 1.66. The van der Waals surface area contributed by atoms with E-state index in [9.17, 15) is 9.18 Å². The van der Waals surface area contributed by atoms with Gasteiger partial charge in [0.1, 0.15) is 11.6 Å². The lowest BCUT2D eigenvalue weighted by molar-refractivity contribution is 0.201. The molecule has 3 aromatic rings. The summed E-state index contributed by atoms with van der Waals surface area (Å²) in [6, 6.07) is 12.3. The first-order valence-corrected chi connectivity index (χ1v) is 10.3. The Labute approximate surface area is 169 Å². The van der Waals surface area contributed by atoms with E-state index in [-0.39, 0.29) is 11.4 Å². The molecule has 2 aliphatic heterocycles. The smallest absolute Gasteiger partial charge is 0.261 e. The third kappa shape index (κ3) is 3.31. The van der Waals surface area contributed by atoms with Gasteiger partial charge in [0.2, 0.25) is 0 Å². The van der Waals surface area contributed by atoms with Gasteiger partial charge in [-0.2, -0.15) is 0 Å². The second kappa shape index (κ2) is 7.26. The summed E-state index contributed by atoms with van der Waals surface area (Å²) in [5, 5.41) is 0.581. The molecule has 150 valence electrons. The maximum Gasteiger partial charge on any atom is 0.261 e. The van der Waals surface area contributed by atoms with Crippen LogP contribution in [0.15, 0.2) is 47.3 Å². The van der Waals surface area contributed by atoms with Crippen molar-refractivity contribution in [3.05, 3.63) is 58.6 Å². The minimum atomic E-state index is -0.378. The van der Waals surface area contributed by atoms with Crippen molar-refractivity contribution in [3.63, 3.8) is 0 Å². The highest BCUT2D eigenvalue weighted by Gasteiger charge is 2.26. The van der Waals surface area contributed by atoms with Crippen molar-refractivity contribution >= 4 is 16.6 Å². The Balaban J connectivity index is 1.56. The third-order valence-electron chi connectivity index (χ3n) is 6.31. The van der Waals surface area contributed by atoms with Gasteiger partial charge in [-0.3, -0.25) is 9.36 Å². The van der Waals surface area contributed by atoms with Crippen LogP contribution < -0.4 is 10.5 Å². The van der Waals surface area contributed by atoms with Gasteiger partial charge in [-0.1, -0.05) is 12.1 Å². The standard InChI is InChI=1S/C23H25FN4O/c1-26-22(18-6-2-3-7-20(18)24)25-21-9-8-17(13-19(21)23(26)29)28-12-11-27-10-4-5-16(14-27)15-28/h2-3,6-9,13,16H,4-5,10-12,14-15H2,1H3. The molecular weight excluding hydrogens is 367 g/mol. The van der Waals surface area contributed by atoms with Crippen molar-refractivity contribution < 1.29 is 4.39 Å². The second-order valence-electron chi connectivity index (χ2n) is 8.24. The number of hydrogen-bond acceptors (Lipinski definition) is 4. The molecule has 29 heavy (non-hydrogen) atoms. The molecular formula is C23H25FN4O. The van der Waals surface area contributed by atoms with Crippen molar-refractivity contribution in [2.45, 2.75) is 12.8 Å². The normalized spacial score (nSPS) is 21.9. The zero-order valence-electron chi connectivity index (χ0n) is 16.6. The van der Waals surface area contributed by atoms with Crippen LogP contribution in [0, 0.1) is 11.7 Å².